The first-order chi connectivity index (χ1) is 9.57. The Morgan fingerprint density at radius 2 is 2.20 bits per heavy atom. The molecule has 2 aliphatic heterocycles. The predicted octanol–water partition coefficient (Wildman–Crippen LogP) is 1.48. The quantitative estimate of drug-likeness (QED) is 0.819. The molecular weight excluding hydrogens is 256 g/mol. The van der Waals surface area contributed by atoms with Gasteiger partial charge in [-0.25, -0.2) is 0 Å². The highest BCUT2D eigenvalue weighted by Gasteiger charge is 2.42. The van der Waals surface area contributed by atoms with Gasteiger partial charge in [-0.3, -0.25) is 9.59 Å². The minimum absolute atomic E-state index is 0.137. The number of amides is 1. The number of carbonyl (C=O) groups is 2. The fraction of sp³-hybridized carbons (Fsp3) is 0.867. The van der Waals surface area contributed by atoms with Gasteiger partial charge in [0, 0.05) is 19.5 Å². The largest absolute Gasteiger partial charge is 0.481 e. The molecule has 2 unspecified atom stereocenters. The summed E-state index contributed by atoms with van der Waals surface area (Å²) >= 11 is 0. The molecule has 0 aromatic carbocycles. The van der Waals surface area contributed by atoms with Crippen molar-refractivity contribution >= 4 is 11.9 Å². The number of hydrogen-bond acceptors (Lipinski definition) is 3. The summed E-state index contributed by atoms with van der Waals surface area (Å²) in [6.45, 7) is 4.97. The molecule has 1 amide bonds. The predicted molar refractivity (Wildman–Crippen MR) is 76.4 cm³/mol. The number of carboxylic acid groups (broad SMARTS) is 1. The van der Waals surface area contributed by atoms with Crippen LogP contribution in [0.1, 0.15) is 45.4 Å². The molecule has 2 N–H and O–H groups in total. The van der Waals surface area contributed by atoms with E-state index in [2.05, 4.69) is 5.32 Å². The zero-order chi connectivity index (χ0) is 14.6. The van der Waals surface area contributed by atoms with E-state index >= 15 is 0 Å². The molecule has 2 atom stereocenters. The third-order valence-electron chi connectivity index (χ3n) is 4.92. The summed E-state index contributed by atoms with van der Waals surface area (Å²) in [7, 11) is 0. The molecule has 2 heterocycles. The number of hydrogen-bond donors (Lipinski definition) is 2. The smallest absolute Gasteiger partial charge is 0.311 e. The van der Waals surface area contributed by atoms with Crippen LogP contribution in [-0.2, 0) is 9.59 Å². The lowest BCUT2D eigenvalue weighted by atomic mass is 9.77. The highest BCUT2D eigenvalue weighted by molar-refractivity contribution is 5.80. The van der Waals surface area contributed by atoms with Crippen molar-refractivity contribution in [2.24, 2.45) is 11.3 Å². The van der Waals surface area contributed by atoms with Crippen LogP contribution in [0.15, 0.2) is 0 Å². The topological polar surface area (TPSA) is 69.6 Å². The fourth-order valence-electron chi connectivity index (χ4n) is 3.43. The maximum absolute atomic E-state index is 12.4. The Morgan fingerprint density at radius 3 is 2.80 bits per heavy atom. The Morgan fingerprint density at radius 1 is 1.40 bits per heavy atom. The molecule has 0 radical (unpaired) electrons. The minimum atomic E-state index is -0.753. The molecule has 2 aliphatic rings. The van der Waals surface area contributed by atoms with Crippen molar-refractivity contribution in [3.8, 4) is 0 Å². The molecule has 0 spiro atoms. The van der Waals surface area contributed by atoms with Crippen molar-refractivity contribution in [1.29, 1.82) is 0 Å². The van der Waals surface area contributed by atoms with Crippen molar-refractivity contribution in [2.75, 3.05) is 26.2 Å². The molecule has 0 aromatic rings. The summed E-state index contributed by atoms with van der Waals surface area (Å²) in [6, 6.07) is 0. The van der Waals surface area contributed by atoms with Crippen LogP contribution < -0.4 is 5.32 Å². The van der Waals surface area contributed by atoms with Crippen molar-refractivity contribution in [2.45, 2.75) is 45.4 Å². The standard InChI is InChI=1S/C15H26N2O3/c1-2-15(14(19)20)6-4-8-17(11-15)13(18)9-12-5-3-7-16-10-12/h12,16H,2-11H2,1H3,(H,19,20). The lowest BCUT2D eigenvalue weighted by molar-refractivity contribution is -0.155. The van der Waals surface area contributed by atoms with Gasteiger partial charge in [-0.15, -0.1) is 0 Å². The second-order valence-corrected chi connectivity index (χ2v) is 6.27. The molecule has 5 nitrogen and oxygen atoms in total. The number of carboxylic acids is 1. The number of piperidine rings is 2. The summed E-state index contributed by atoms with van der Waals surface area (Å²) < 4.78 is 0. The van der Waals surface area contributed by atoms with E-state index in [9.17, 15) is 14.7 Å². The van der Waals surface area contributed by atoms with Crippen molar-refractivity contribution in [3.63, 3.8) is 0 Å². The van der Waals surface area contributed by atoms with Crippen LogP contribution in [0.25, 0.3) is 0 Å². The first-order valence-electron chi connectivity index (χ1n) is 7.79. The number of carbonyl (C=O) groups excluding carboxylic acids is 1. The van der Waals surface area contributed by atoms with Gasteiger partial charge < -0.3 is 15.3 Å². The molecule has 5 heteroatoms. The monoisotopic (exact) mass is 282 g/mol. The van der Waals surface area contributed by atoms with Gasteiger partial charge in [0.25, 0.3) is 0 Å². The number of likely N-dealkylation sites (tertiary alicyclic amines) is 1. The normalized spacial score (nSPS) is 31.1. The SMILES string of the molecule is CCC1(C(=O)O)CCCN(C(=O)CC2CCCNC2)C1. The Hall–Kier alpha value is -1.10. The van der Waals surface area contributed by atoms with Crippen LogP contribution in [0.2, 0.25) is 0 Å². The van der Waals surface area contributed by atoms with Gasteiger partial charge in [0.2, 0.25) is 5.91 Å². The lowest BCUT2D eigenvalue weighted by Gasteiger charge is -2.40. The van der Waals surface area contributed by atoms with Crippen LogP contribution in [0.5, 0.6) is 0 Å². The number of rotatable bonds is 4. The Labute approximate surface area is 120 Å². The van der Waals surface area contributed by atoms with Crippen molar-refractivity contribution < 1.29 is 14.7 Å². The second kappa shape index (κ2) is 6.57. The maximum Gasteiger partial charge on any atom is 0.311 e. The van der Waals surface area contributed by atoms with E-state index in [4.69, 9.17) is 0 Å². The molecule has 0 bridgehead atoms. The number of nitrogens with one attached hydrogen (secondary N) is 1. The van der Waals surface area contributed by atoms with Crippen LogP contribution in [0.3, 0.4) is 0 Å². The summed E-state index contributed by atoms with van der Waals surface area (Å²) in [6.07, 6.45) is 4.88. The van der Waals surface area contributed by atoms with E-state index in [1.165, 1.54) is 0 Å². The van der Waals surface area contributed by atoms with E-state index < -0.39 is 11.4 Å². The molecule has 2 saturated heterocycles. The molecular formula is C15H26N2O3. The summed E-state index contributed by atoms with van der Waals surface area (Å²) in [5.74, 6) is -0.201. The minimum Gasteiger partial charge on any atom is -0.481 e. The first kappa shape index (κ1) is 15.3. The van der Waals surface area contributed by atoms with E-state index in [0.717, 1.165) is 32.4 Å². The molecule has 0 saturated carbocycles. The lowest BCUT2D eigenvalue weighted by Crippen LogP contribution is -2.50. The van der Waals surface area contributed by atoms with Gasteiger partial charge in [0.1, 0.15) is 0 Å². The van der Waals surface area contributed by atoms with E-state index in [0.29, 0.717) is 38.3 Å². The summed E-state index contributed by atoms with van der Waals surface area (Å²) in [5, 5.41) is 12.8. The maximum atomic E-state index is 12.4. The number of nitrogens with zero attached hydrogens (tertiary/aromatic N) is 1. The highest BCUT2D eigenvalue weighted by Crippen LogP contribution is 2.34. The second-order valence-electron chi connectivity index (χ2n) is 6.27. The zero-order valence-corrected chi connectivity index (χ0v) is 12.4. The van der Waals surface area contributed by atoms with Crippen LogP contribution in [0.4, 0.5) is 0 Å². The van der Waals surface area contributed by atoms with Gasteiger partial charge >= 0.3 is 5.97 Å². The number of aliphatic carboxylic acids is 1. The fourth-order valence-corrected chi connectivity index (χ4v) is 3.43. The molecule has 0 aliphatic carbocycles. The van der Waals surface area contributed by atoms with Crippen molar-refractivity contribution in [3.05, 3.63) is 0 Å². The highest BCUT2D eigenvalue weighted by atomic mass is 16.4. The average molecular weight is 282 g/mol. The Balaban J connectivity index is 1.93. The van der Waals surface area contributed by atoms with Gasteiger partial charge in [-0.1, -0.05) is 6.92 Å². The van der Waals surface area contributed by atoms with Crippen LogP contribution in [0, 0.1) is 11.3 Å². The van der Waals surface area contributed by atoms with Crippen molar-refractivity contribution in [1.82, 2.24) is 10.2 Å². The van der Waals surface area contributed by atoms with Gasteiger partial charge in [-0.2, -0.15) is 0 Å². The third-order valence-corrected chi connectivity index (χ3v) is 4.92. The molecule has 20 heavy (non-hydrogen) atoms. The van der Waals surface area contributed by atoms with E-state index in [-0.39, 0.29) is 5.91 Å². The molecule has 114 valence electrons. The molecule has 2 rings (SSSR count). The first-order valence-corrected chi connectivity index (χ1v) is 7.79. The van der Waals surface area contributed by atoms with Gasteiger partial charge in [-0.05, 0) is 51.1 Å². The van der Waals surface area contributed by atoms with E-state index in [1.807, 2.05) is 6.92 Å². The average Bonchev–Trinajstić information content (AvgIpc) is 2.48. The van der Waals surface area contributed by atoms with Gasteiger partial charge in [0.05, 0.1) is 5.41 Å². The van der Waals surface area contributed by atoms with Crippen LogP contribution in [-0.4, -0.2) is 48.1 Å². The third kappa shape index (κ3) is 3.32. The van der Waals surface area contributed by atoms with Crippen LogP contribution >= 0.6 is 0 Å². The zero-order valence-electron chi connectivity index (χ0n) is 12.4. The molecule has 2 fully saturated rings. The Bertz CT molecular complexity index is 366. The molecule has 0 aromatic heterocycles. The summed E-state index contributed by atoms with van der Waals surface area (Å²) in [5.41, 5.74) is -0.723. The van der Waals surface area contributed by atoms with E-state index in [1.54, 1.807) is 4.90 Å². The Kier molecular flexibility index (Phi) is 5.02. The summed E-state index contributed by atoms with van der Waals surface area (Å²) in [4.78, 5) is 25.7. The van der Waals surface area contributed by atoms with Gasteiger partial charge in [0.15, 0.2) is 0 Å².